The third-order valence-electron chi connectivity index (χ3n) is 0.839. The summed E-state index contributed by atoms with van der Waals surface area (Å²) in [5, 5.41) is 15.2. The Morgan fingerprint density at radius 1 is 1.12 bits per heavy atom. The molecule has 0 spiro atoms. The van der Waals surface area contributed by atoms with E-state index in [2.05, 4.69) is 23.5 Å². The van der Waals surface area contributed by atoms with E-state index in [0.29, 0.717) is 0 Å². The molecule has 0 saturated heterocycles. The van der Waals surface area contributed by atoms with Crippen LogP contribution in [0.4, 0.5) is 0 Å². The minimum Gasteiger partial charge on any atom is -0.478 e. The summed E-state index contributed by atoms with van der Waals surface area (Å²) >= 11 is 0. The van der Waals surface area contributed by atoms with E-state index in [1.54, 1.807) is 18.5 Å². The van der Waals surface area contributed by atoms with E-state index in [1.807, 2.05) is 6.08 Å². The maximum atomic E-state index is 9.25. The molecule has 1 aliphatic rings. The summed E-state index contributed by atoms with van der Waals surface area (Å²) in [5.74, 6) is -1.96. The van der Waals surface area contributed by atoms with Gasteiger partial charge in [0.15, 0.2) is 0 Å². The Morgan fingerprint density at radius 3 is 1.62 bits per heavy atom. The van der Waals surface area contributed by atoms with E-state index in [9.17, 15) is 9.59 Å². The fourth-order valence-corrected chi connectivity index (χ4v) is 0.258. The van der Waals surface area contributed by atoms with Gasteiger partial charge in [-0.25, -0.2) is 15.1 Å². The molecule has 1 rings (SSSR count). The second-order valence-corrected chi connectivity index (χ2v) is 2.01. The first-order valence-electron chi connectivity index (χ1n) is 3.98. The summed E-state index contributed by atoms with van der Waals surface area (Å²) < 4.78 is 0. The molecule has 6 nitrogen and oxygen atoms in total. The van der Waals surface area contributed by atoms with Crippen LogP contribution in [0, 0.1) is 0 Å². The van der Waals surface area contributed by atoms with Crippen LogP contribution >= 0.6 is 0 Å². The highest BCUT2D eigenvalue weighted by Crippen LogP contribution is 1.80. The molecule has 0 atom stereocenters. The molecule has 6 heteroatoms. The topological polar surface area (TPSA) is 95.9 Å². The minimum absolute atomic E-state index is 0.833. The molecule has 88 valence electrons. The minimum atomic E-state index is -0.981. The van der Waals surface area contributed by atoms with E-state index >= 15 is 0 Å². The van der Waals surface area contributed by atoms with Crippen molar-refractivity contribution < 1.29 is 24.6 Å². The maximum absolute atomic E-state index is 9.25. The zero-order valence-corrected chi connectivity index (χ0v) is 8.50. The van der Waals surface area contributed by atoms with Crippen LogP contribution < -0.4 is 5.48 Å². The second kappa shape index (κ2) is 12.5. The lowest BCUT2D eigenvalue weighted by molar-refractivity contribution is -0.132. The summed E-state index contributed by atoms with van der Waals surface area (Å²) in [6.07, 6.45) is 8.60. The number of rotatable bonds is 2. The lowest BCUT2D eigenvalue weighted by atomic mass is 10.6. The monoisotopic (exact) mass is 227 g/mol. The highest BCUT2D eigenvalue weighted by molar-refractivity contribution is 5.79. The van der Waals surface area contributed by atoms with E-state index in [-0.39, 0.29) is 0 Å². The lowest BCUT2D eigenvalue weighted by Crippen LogP contribution is -2.01. The van der Waals surface area contributed by atoms with E-state index in [1.165, 1.54) is 0 Å². The third kappa shape index (κ3) is 22.5. The number of aliphatic carboxylic acids is 2. The molecule has 1 aliphatic heterocycles. The number of hydroxylamine groups is 1. The standard InChI is InChI=1S/C4H5NO.2C3H4O2/c1-2-4-6-5-3-1;2*1-2-3(4)5/h1-5H;2*2H,1H2,(H,4,5). The Bertz CT molecular complexity index is 264. The van der Waals surface area contributed by atoms with Crippen molar-refractivity contribution in [3.05, 3.63) is 49.9 Å². The normalized spacial score (nSPS) is 10.0. The van der Waals surface area contributed by atoms with Gasteiger partial charge in [0, 0.05) is 18.4 Å². The van der Waals surface area contributed by atoms with Gasteiger partial charge in [-0.1, -0.05) is 13.2 Å². The third-order valence-corrected chi connectivity index (χ3v) is 0.839. The SMILES string of the molecule is C1=CNOC=C1.C=CC(=O)O.C=CC(=O)O. The van der Waals surface area contributed by atoms with Crippen LogP contribution in [0.25, 0.3) is 0 Å². The lowest BCUT2D eigenvalue weighted by Gasteiger charge is -1.97. The highest BCUT2D eigenvalue weighted by Gasteiger charge is 1.74. The second-order valence-electron chi connectivity index (χ2n) is 2.01. The molecule has 0 aromatic heterocycles. The molecule has 0 bridgehead atoms. The quantitative estimate of drug-likeness (QED) is 0.610. The van der Waals surface area contributed by atoms with Gasteiger partial charge in [0.05, 0.1) is 0 Å². The van der Waals surface area contributed by atoms with Gasteiger partial charge in [0.1, 0.15) is 6.26 Å². The van der Waals surface area contributed by atoms with Crippen LogP contribution in [-0.4, -0.2) is 22.2 Å². The Labute approximate surface area is 92.8 Å². The molecule has 0 aromatic carbocycles. The molecule has 0 aliphatic carbocycles. The van der Waals surface area contributed by atoms with Crippen molar-refractivity contribution in [2.24, 2.45) is 0 Å². The number of carbonyl (C=O) groups is 2. The molecule has 0 radical (unpaired) electrons. The first-order valence-corrected chi connectivity index (χ1v) is 3.98. The summed E-state index contributed by atoms with van der Waals surface area (Å²) in [4.78, 5) is 23.1. The Kier molecular flexibility index (Phi) is 12.5. The number of hydrogen-bond donors (Lipinski definition) is 3. The Hall–Kier alpha value is -2.50. The van der Waals surface area contributed by atoms with Crippen molar-refractivity contribution >= 4 is 11.9 Å². The molecule has 3 N–H and O–H groups in total. The summed E-state index contributed by atoms with van der Waals surface area (Å²) in [6, 6.07) is 0. The van der Waals surface area contributed by atoms with Gasteiger partial charge in [0.25, 0.3) is 0 Å². The number of nitrogens with one attached hydrogen (secondary N) is 1. The number of allylic oxidation sites excluding steroid dienone is 2. The van der Waals surface area contributed by atoms with Crippen molar-refractivity contribution in [1.29, 1.82) is 0 Å². The van der Waals surface area contributed by atoms with Gasteiger partial charge < -0.3 is 15.1 Å². The van der Waals surface area contributed by atoms with E-state index in [4.69, 9.17) is 10.2 Å². The molecular formula is C10H13NO5. The Morgan fingerprint density at radius 2 is 1.56 bits per heavy atom. The van der Waals surface area contributed by atoms with Crippen LogP contribution in [0.2, 0.25) is 0 Å². The van der Waals surface area contributed by atoms with Crippen LogP contribution in [-0.2, 0) is 14.4 Å². The van der Waals surface area contributed by atoms with Crippen LogP contribution in [0.1, 0.15) is 0 Å². The van der Waals surface area contributed by atoms with Gasteiger partial charge in [-0.2, -0.15) is 0 Å². The molecule has 16 heavy (non-hydrogen) atoms. The van der Waals surface area contributed by atoms with Crippen LogP contribution in [0.3, 0.4) is 0 Å². The molecule has 0 fully saturated rings. The molecule has 0 unspecified atom stereocenters. The van der Waals surface area contributed by atoms with Gasteiger partial charge in [-0.05, 0) is 12.2 Å². The van der Waals surface area contributed by atoms with Gasteiger partial charge in [0.2, 0.25) is 0 Å². The molecule has 0 amide bonds. The van der Waals surface area contributed by atoms with Crippen LogP contribution in [0.5, 0.6) is 0 Å². The fraction of sp³-hybridized carbons (Fsp3) is 0. The smallest absolute Gasteiger partial charge is 0.327 e. The zero-order valence-electron chi connectivity index (χ0n) is 8.50. The molecule has 1 heterocycles. The van der Waals surface area contributed by atoms with Gasteiger partial charge in [-0.3, -0.25) is 0 Å². The molecule has 0 aromatic rings. The number of carboxylic acids is 2. The number of hydrogen-bond acceptors (Lipinski definition) is 4. The molecular weight excluding hydrogens is 214 g/mol. The first-order chi connectivity index (χ1) is 7.54. The molecule has 0 saturated carbocycles. The fourth-order valence-electron chi connectivity index (χ4n) is 0.258. The first kappa shape index (κ1) is 15.9. The van der Waals surface area contributed by atoms with E-state index in [0.717, 1.165) is 12.2 Å². The highest BCUT2D eigenvalue weighted by atomic mass is 16.6. The Balaban J connectivity index is 0. The van der Waals surface area contributed by atoms with Crippen molar-refractivity contribution in [1.82, 2.24) is 5.48 Å². The zero-order chi connectivity index (χ0) is 12.8. The maximum Gasteiger partial charge on any atom is 0.327 e. The summed E-state index contributed by atoms with van der Waals surface area (Å²) in [7, 11) is 0. The number of carboxylic acid groups (broad SMARTS) is 2. The van der Waals surface area contributed by atoms with Crippen molar-refractivity contribution in [2.75, 3.05) is 0 Å². The van der Waals surface area contributed by atoms with Gasteiger partial charge >= 0.3 is 11.9 Å². The van der Waals surface area contributed by atoms with E-state index < -0.39 is 11.9 Å². The van der Waals surface area contributed by atoms with Crippen molar-refractivity contribution in [2.45, 2.75) is 0 Å². The van der Waals surface area contributed by atoms with Crippen molar-refractivity contribution in [3.63, 3.8) is 0 Å². The van der Waals surface area contributed by atoms with Crippen LogP contribution in [0.15, 0.2) is 49.9 Å². The van der Waals surface area contributed by atoms with Gasteiger partial charge in [-0.15, -0.1) is 0 Å². The average molecular weight is 227 g/mol. The summed E-state index contributed by atoms with van der Waals surface area (Å²) in [5.41, 5.74) is 2.52. The predicted octanol–water partition coefficient (Wildman–Crippen LogP) is 1.06. The average Bonchev–Trinajstić information content (AvgIpc) is 2.32. The summed E-state index contributed by atoms with van der Waals surface area (Å²) in [6.45, 7) is 5.92. The largest absolute Gasteiger partial charge is 0.478 e. The predicted molar refractivity (Wildman–Crippen MR) is 58.2 cm³/mol. The van der Waals surface area contributed by atoms with Crippen molar-refractivity contribution in [3.8, 4) is 0 Å².